The Labute approximate surface area is 186 Å². The Morgan fingerprint density at radius 2 is 1.90 bits per heavy atom. The molecule has 2 aromatic carbocycles. The first-order valence-electron chi connectivity index (χ1n) is 8.80. The third-order valence-corrected chi connectivity index (χ3v) is 6.28. The molecular weight excluding hydrogens is 447 g/mol. The van der Waals surface area contributed by atoms with Crippen molar-refractivity contribution in [1.82, 2.24) is 9.69 Å². The van der Waals surface area contributed by atoms with E-state index in [4.69, 9.17) is 17.3 Å². The van der Waals surface area contributed by atoms with Crippen LogP contribution in [0.4, 0.5) is 14.2 Å². The van der Waals surface area contributed by atoms with E-state index in [1.165, 1.54) is 30.0 Å². The maximum Gasteiger partial charge on any atom is 0.320 e. The molecule has 3 rings (SSSR count). The summed E-state index contributed by atoms with van der Waals surface area (Å²) >= 11 is 8.09. The molecule has 0 fully saturated rings. The maximum atomic E-state index is 13.2. The average Bonchev–Trinajstić information content (AvgIpc) is 3.11. The molecule has 0 bridgehead atoms. The highest BCUT2D eigenvalue weighted by atomic mass is 35.5. The van der Waals surface area contributed by atoms with Crippen molar-refractivity contribution in [3.8, 4) is 0 Å². The van der Waals surface area contributed by atoms with Crippen LogP contribution in [0.2, 0.25) is 5.02 Å². The molecule has 0 saturated carbocycles. The van der Waals surface area contributed by atoms with Crippen molar-refractivity contribution in [1.29, 1.82) is 0 Å². The monoisotopic (exact) mass is 464 g/mol. The van der Waals surface area contributed by atoms with Crippen LogP contribution >= 0.6 is 34.9 Å². The predicted molar refractivity (Wildman–Crippen MR) is 119 cm³/mol. The molecule has 6 nitrogen and oxygen atoms in total. The normalized spacial score (nSPS) is 10.6. The number of urea groups is 1. The highest BCUT2D eigenvalue weighted by molar-refractivity contribution is 7.98. The lowest BCUT2D eigenvalue weighted by atomic mass is 10.2. The van der Waals surface area contributed by atoms with E-state index in [0.717, 1.165) is 22.7 Å². The number of hydrogen-bond donors (Lipinski definition) is 3. The number of carbonyl (C=O) groups is 2. The number of rotatable bonds is 7. The third kappa shape index (κ3) is 5.71. The summed E-state index contributed by atoms with van der Waals surface area (Å²) in [7, 11) is 0. The van der Waals surface area contributed by atoms with E-state index in [1.54, 1.807) is 0 Å². The van der Waals surface area contributed by atoms with Crippen molar-refractivity contribution in [3.63, 3.8) is 0 Å². The third-order valence-electron chi connectivity index (χ3n) is 4.07. The standard InChI is InChI=1S/C20H18ClFN4O2S2/c1-11-2-4-12(5-3-11)10-29-19-16(17(23)27)18(30-26-19)25-20(28)24-9-13-6-7-15(22)14(21)8-13/h2-8H,9-10H2,1H3,(H2,23,27)(H2,24,25,28). The first kappa shape index (κ1) is 22.1. The Hall–Kier alpha value is -2.62. The highest BCUT2D eigenvalue weighted by Crippen LogP contribution is 2.33. The second kappa shape index (κ2) is 9.92. The zero-order chi connectivity index (χ0) is 21.7. The molecule has 0 radical (unpaired) electrons. The molecule has 3 amide bonds. The Morgan fingerprint density at radius 1 is 1.20 bits per heavy atom. The lowest BCUT2D eigenvalue weighted by Crippen LogP contribution is -2.28. The summed E-state index contributed by atoms with van der Waals surface area (Å²) in [6.45, 7) is 2.14. The number of anilines is 1. The Bertz CT molecular complexity index is 1070. The van der Waals surface area contributed by atoms with Gasteiger partial charge in [-0.3, -0.25) is 10.1 Å². The molecule has 0 spiro atoms. The molecular formula is C20H18ClFN4O2S2. The zero-order valence-electron chi connectivity index (χ0n) is 15.9. The summed E-state index contributed by atoms with van der Waals surface area (Å²) < 4.78 is 17.5. The largest absolute Gasteiger partial charge is 0.365 e. The van der Waals surface area contributed by atoms with E-state index in [1.807, 2.05) is 31.2 Å². The Morgan fingerprint density at radius 3 is 2.57 bits per heavy atom. The molecule has 1 heterocycles. The predicted octanol–water partition coefficient (Wildman–Crippen LogP) is 4.96. The van der Waals surface area contributed by atoms with Gasteiger partial charge in [0.1, 0.15) is 21.4 Å². The number of primary amides is 1. The van der Waals surface area contributed by atoms with Crippen molar-refractivity contribution < 1.29 is 14.0 Å². The van der Waals surface area contributed by atoms with Gasteiger partial charge in [0, 0.05) is 12.3 Å². The van der Waals surface area contributed by atoms with Gasteiger partial charge in [-0.1, -0.05) is 59.3 Å². The number of aryl methyl sites for hydroxylation is 1. The van der Waals surface area contributed by atoms with Crippen LogP contribution in [-0.4, -0.2) is 16.3 Å². The van der Waals surface area contributed by atoms with Crippen LogP contribution in [0.15, 0.2) is 47.5 Å². The Balaban J connectivity index is 1.63. The number of aromatic nitrogens is 1. The van der Waals surface area contributed by atoms with Gasteiger partial charge in [0.2, 0.25) is 0 Å². The van der Waals surface area contributed by atoms with Gasteiger partial charge in [0.15, 0.2) is 0 Å². The smallest absolute Gasteiger partial charge is 0.320 e. The van der Waals surface area contributed by atoms with Gasteiger partial charge in [0.25, 0.3) is 5.91 Å². The fourth-order valence-corrected chi connectivity index (χ4v) is 4.62. The van der Waals surface area contributed by atoms with Gasteiger partial charge in [-0.05, 0) is 41.7 Å². The summed E-state index contributed by atoms with van der Waals surface area (Å²) in [4.78, 5) is 24.2. The summed E-state index contributed by atoms with van der Waals surface area (Å²) in [6, 6.07) is 11.7. The molecule has 0 aliphatic carbocycles. The van der Waals surface area contributed by atoms with Crippen LogP contribution in [0.3, 0.4) is 0 Å². The van der Waals surface area contributed by atoms with E-state index in [2.05, 4.69) is 15.0 Å². The van der Waals surface area contributed by atoms with Crippen molar-refractivity contribution in [2.24, 2.45) is 5.73 Å². The first-order chi connectivity index (χ1) is 14.3. The zero-order valence-corrected chi connectivity index (χ0v) is 18.3. The fourth-order valence-electron chi connectivity index (χ4n) is 2.49. The summed E-state index contributed by atoms with van der Waals surface area (Å²) in [5.41, 5.74) is 8.57. The molecule has 156 valence electrons. The second-order valence-corrected chi connectivity index (χ2v) is 8.53. The van der Waals surface area contributed by atoms with Gasteiger partial charge < -0.3 is 11.1 Å². The lowest BCUT2D eigenvalue weighted by molar-refractivity contribution is 0.0998. The molecule has 0 atom stereocenters. The molecule has 4 N–H and O–H groups in total. The number of nitrogens with one attached hydrogen (secondary N) is 2. The highest BCUT2D eigenvalue weighted by Gasteiger charge is 2.21. The second-order valence-electron chi connectivity index (χ2n) is 6.39. The van der Waals surface area contributed by atoms with E-state index < -0.39 is 17.8 Å². The van der Waals surface area contributed by atoms with E-state index in [-0.39, 0.29) is 22.1 Å². The minimum atomic E-state index is -0.671. The van der Waals surface area contributed by atoms with Crippen LogP contribution in [0.5, 0.6) is 0 Å². The first-order valence-corrected chi connectivity index (χ1v) is 10.9. The topological polar surface area (TPSA) is 97.1 Å². The average molecular weight is 465 g/mol. The number of halogens is 2. The van der Waals surface area contributed by atoms with Crippen LogP contribution < -0.4 is 16.4 Å². The molecule has 0 unspecified atom stereocenters. The molecule has 1 aromatic heterocycles. The van der Waals surface area contributed by atoms with Gasteiger partial charge in [-0.25, -0.2) is 9.18 Å². The van der Waals surface area contributed by atoms with Crippen molar-refractivity contribution in [3.05, 3.63) is 75.6 Å². The summed E-state index contributed by atoms with van der Waals surface area (Å²) in [5, 5.41) is 5.93. The molecule has 10 heteroatoms. The van der Waals surface area contributed by atoms with Crippen molar-refractivity contribution in [2.45, 2.75) is 24.2 Å². The number of nitrogens with two attached hydrogens (primary N) is 1. The summed E-state index contributed by atoms with van der Waals surface area (Å²) in [5.74, 6) is -0.589. The number of benzene rings is 2. The SMILES string of the molecule is Cc1ccc(CSc2nsc(NC(=O)NCc3ccc(F)c(Cl)c3)c2C(N)=O)cc1. The number of hydrogen-bond acceptors (Lipinski definition) is 5. The van der Waals surface area contributed by atoms with Crippen LogP contribution in [0.1, 0.15) is 27.0 Å². The van der Waals surface area contributed by atoms with Gasteiger partial charge >= 0.3 is 6.03 Å². The molecule has 0 aliphatic heterocycles. The van der Waals surface area contributed by atoms with Crippen LogP contribution in [0.25, 0.3) is 0 Å². The fraction of sp³-hybridized carbons (Fsp3) is 0.150. The summed E-state index contributed by atoms with van der Waals surface area (Å²) in [6.07, 6.45) is 0. The minimum Gasteiger partial charge on any atom is -0.365 e. The van der Waals surface area contributed by atoms with Crippen molar-refractivity contribution in [2.75, 3.05) is 5.32 Å². The van der Waals surface area contributed by atoms with Gasteiger partial charge in [-0.2, -0.15) is 4.37 Å². The van der Waals surface area contributed by atoms with E-state index >= 15 is 0 Å². The molecule has 0 saturated heterocycles. The minimum absolute atomic E-state index is 0.0246. The maximum absolute atomic E-state index is 13.2. The number of amides is 3. The molecule has 0 aliphatic rings. The number of carbonyl (C=O) groups excluding carboxylic acids is 2. The van der Waals surface area contributed by atoms with E-state index in [0.29, 0.717) is 16.3 Å². The molecule has 30 heavy (non-hydrogen) atoms. The van der Waals surface area contributed by atoms with Crippen LogP contribution in [-0.2, 0) is 12.3 Å². The number of nitrogens with zero attached hydrogens (tertiary/aromatic N) is 1. The molecule has 3 aromatic rings. The number of thioether (sulfide) groups is 1. The lowest BCUT2D eigenvalue weighted by Gasteiger charge is -2.08. The van der Waals surface area contributed by atoms with E-state index in [9.17, 15) is 14.0 Å². The Kier molecular flexibility index (Phi) is 7.30. The van der Waals surface area contributed by atoms with Gasteiger partial charge in [0.05, 0.1) is 5.02 Å². The van der Waals surface area contributed by atoms with Crippen LogP contribution in [0, 0.1) is 12.7 Å². The van der Waals surface area contributed by atoms with Crippen molar-refractivity contribution >= 4 is 51.8 Å². The van der Waals surface area contributed by atoms with Gasteiger partial charge in [-0.15, -0.1) is 0 Å². The quantitative estimate of drug-likeness (QED) is 0.430.